The van der Waals surface area contributed by atoms with E-state index >= 15 is 0 Å². The van der Waals surface area contributed by atoms with E-state index in [9.17, 15) is 0 Å². The number of hydrogen-bond donors (Lipinski definition) is 0. The van der Waals surface area contributed by atoms with E-state index in [0.29, 0.717) is 0 Å². The monoisotopic (exact) mass is 794 g/mol. The maximum atomic E-state index is 5.20. The van der Waals surface area contributed by atoms with Crippen molar-refractivity contribution in [2.24, 2.45) is 0 Å². The van der Waals surface area contributed by atoms with Gasteiger partial charge in [-0.15, -0.1) is 0 Å². The number of aromatic nitrogens is 2. The van der Waals surface area contributed by atoms with Crippen LogP contribution in [0.4, 0.5) is 0 Å². The van der Waals surface area contributed by atoms with Gasteiger partial charge in [0.15, 0.2) is 0 Å². The first-order chi connectivity index (χ1) is 30.3. The summed E-state index contributed by atoms with van der Waals surface area (Å²) in [6, 6.07) is 71.6. The molecular formula is C58H38N2S. The Morgan fingerprint density at radius 3 is 1.90 bits per heavy atom. The van der Waals surface area contributed by atoms with E-state index in [-0.39, 0.29) is 5.41 Å². The highest BCUT2D eigenvalue weighted by Crippen LogP contribution is 2.63. The fourth-order valence-corrected chi connectivity index (χ4v) is 12.0. The number of hydrogen-bond acceptors (Lipinski definition) is 2. The molecule has 2 nitrogen and oxygen atoms in total. The second-order valence-electron chi connectivity index (χ2n) is 16.5. The Bertz CT molecular complexity index is 3440. The van der Waals surface area contributed by atoms with Gasteiger partial charge in [0.1, 0.15) is 0 Å². The third kappa shape index (κ3) is 5.02. The SMILES string of the molecule is C1=CC2=C(CC1)c1ccccc1C21c2ccccc2Sc2cc3c(cc21)c1ccccc1n3-c1ccc(-c2cc(-c3ccccc3)nc(-c3ccccc3)c2)c2ccccc12. The predicted molar refractivity (Wildman–Crippen MR) is 255 cm³/mol. The van der Waals surface area contributed by atoms with E-state index in [1.807, 2.05) is 11.8 Å². The minimum Gasteiger partial charge on any atom is -0.309 e. The Kier molecular flexibility index (Phi) is 7.61. The number of nitrogens with zero attached hydrogens (tertiary/aromatic N) is 2. The van der Waals surface area contributed by atoms with Crippen LogP contribution >= 0.6 is 11.8 Å². The zero-order valence-corrected chi connectivity index (χ0v) is 34.2. The summed E-state index contributed by atoms with van der Waals surface area (Å²) in [6.45, 7) is 0. The van der Waals surface area contributed by atoms with Crippen LogP contribution in [0.3, 0.4) is 0 Å². The van der Waals surface area contributed by atoms with Gasteiger partial charge in [0.05, 0.1) is 33.5 Å². The highest BCUT2D eigenvalue weighted by Gasteiger charge is 2.51. The van der Waals surface area contributed by atoms with Crippen LogP contribution in [0.1, 0.15) is 35.1 Å². The third-order valence-electron chi connectivity index (χ3n) is 13.3. The number of fused-ring (bicyclic) bond motifs is 12. The first-order valence-electron chi connectivity index (χ1n) is 21.3. The van der Waals surface area contributed by atoms with E-state index in [1.54, 1.807) is 0 Å². The van der Waals surface area contributed by atoms with Gasteiger partial charge in [0.2, 0.25) is 0 Å². The quantitative estimate of drug-likeness (QED) is 0.177. The average molecular weight is 795 g/mol. The smallest absolute Gasteiger partial charge is 0.0732 e. The Morgan fingerprint density at radius 2 is 1.11 bits per heavy atom. The molecule has 0 bridgehead atoms. The molecule has 0 saturated carbocycles. The molecule has 2 aromatic heterocycles. The maximum absolute atomic E-state index is 5.20. The second-order valence-corrected chi connectivity index (χ2v) is 17.6. The van der Waals surface area contributed by atoms with E-state index in [0.717, 1.165) is 40.9 Å². The molecule has 2 aliphatic carbocycles. The Morgan fingerprint density at radius 1 is 0.459 bits per heavy atom. The summed E-state index contributed by atoms with van der Waals surface area (Å²) in [5, 5.41) is 4.96. The van der Waals surface area contributed by atoms with Crippen molar-refractivity contribution < 1.29 is 0 Å². The average Bonchev–Trinajstić information content (AvgIpc) is 3.81. The van der Waals surface area contributed by atoms with Crippen LogP contribution in [0.25, 0.3) is 77.5 Å². The zero-order valence-electron chi connectivity index (χ0n) is 33.3. The minimum atomic E-state index is -0.381. The van der Waals surface area contributed by atoms with Gasteiger partial charge in [-0.2, -0.15) is 0 Å². The van der Waals surface area contributed by atoms with Gasteiger partial charge in [-0.05, 0) is 105 Å². The largest absolute Gasteiger partial charge is 0.309 e. The van der Waals surface area contributed by atoms with Gasteiger partial charge >= 0.3 is 0 Å². The molecule has 286 valence electrons. The topological polar surface area (TPSA) is 17.8 Å². The molecule has 0 radical (unpaired) electrons. The molecule has 0 fully saturated rings. The molecule has 1 atom stereocenters. The van der Waals surface area contributed by atoms with Gasteiger partial charge in [-0.25, -0.2) is 4.98 Å². The minimum absolute atomic E-state index is 0.381. The van der Waals surface area contributed by atoms with Crippen LogP contribution in [0.2, 0.25) is 0 Å². The summed E-state index contributed by atoms with van der Waals surface area (Å²) in [4.78, 5) is 7.85. The number of pyridine rings is 1. The molecule has 1 spiro atoms. The summed E-state index contributed by atoms with van der Waals surface area (Å²) in [5.41, 5.74) is 18.2. The Hall–Kier alpha value is -7.20. The van der Waals surface area contributed by atoms with Crippen molar-refractivity contribution in [1.29, 1.82) is 0 Å². The molecule has 8 aromatic carbocycles. The first kappa shape index (κ1) is 34.6. The van der Waals surface area contributed by atoms with Crippen molar-refractivity contribution in [3.05, 3.63) is 234 Å². The van der Waals surface area contributed by atoms with Crippen LogP contribution < -0.4 is 0 Å². The zero-order chi connectivity index (χ0) is 40.1. The van der Waals surface area contributed by atoms with E-state index in [1.165, 1.54) is 87.0 Å². The molecule has 3 heteroatoms. The van der Waals surface area contributed by atoms with Gasteiger partial charge in [-0.3, -0.25) is 0 Å². The van der Waals surface area contributed by atoms with Gasteiger partial charge in [0.25, 0.3) is 0 Å². The summed E-state index contributed by atoms with van der Waals surface area (Å²) < 4.78 is 2.52. The summed E-state index contributed by atoms with van der Waals surface area (Å²) in [5.74, 6) is 0. The van der Waals surface area contributed by atoms with E-state index in [2.05, 4.69) is 211 Å². The number of allylic oxidation sites excluding steroid dienone is 4. The molecule has 3 heterocycles. The van der Waals surface area contributed by atoms with Crippen molar-refractivity contribution in [1.82, 2.24) is 9.55 Å². The molecule has 13 rings (SSSR count). The predicted octanol–water partition coefficient (Wildman–Crippen LogP) is 15.2. The molecule has 3 aliphatic rings. The standard InChI is InChI=1S/C58H38N2S/c1-3-17-37(18-4-1)51-33-39(34-52(59-51)38-19-5-2-6-20-38)40-31-32-54(44-24-8-7-21-41(40)44)60-53-29-15-11-25-45(53)46-35-50-57(36-55(46)60)61-56-30-16-14-28-49(56)58(50)47-26-12-9-22-42(47)43-23-10-13-27-48(43)58/h1-9,11-22,24-36H,10,23H2. The fraction of sp³-hybridized carbons (Fsp3) is 0.0517. The molecule has 1 aliphatic heterocycles. The lowest BCUT2D eigenvalue weighted by Crippen LogP contribution is -2.32. The highest BCUT2D eigenvalue weighted by atomic mass is 32.2. The summed E-state index contributed by atoms with van der Waals surface area (Å²) in [6.07, 6.45) is 6.99. The summed E-state index contributed by atoms with van der Waals surface area (Å²) >= 11 is 1.92. The lowest BCUT2D eigenvalue weighted by Gasteiger charge is -2.41. The van der Waals surface area contributed by atoms with E-state index in [4.69, 9.17) is 4.98 Å². The fourth-order valence-electron chi connectivity index (χ4n) is 10.8. The van der Waals surface area contributed by atoms with Crippen LogP contribution in [0, 0.1) is 0 Å². The third-order valence-corrected chi connectivity index (χ3v) is 14.5. The van der Waals surface area contributed by atoms with Gasteiger partial charge < -0.3 is 4.57 Å². The highest BCUT2D eigenvalue weighted by molar-refractivity contribution is 7.99. The molecule has 10 aromatic rings. The van der Waals surface area contributed by atoms with Crippen LogP contribution in [0.5, 0.6) is 0 Å². The second kappa shape index (κ2) is 13.4. The van der Waals surface area contributed by atoms with Gasteiger partial charge in [-0.1, -0.05) is 176 Å². The van der Waals surface area contributed by atoms with Crippen molar-refractivity contribution in [2.45, 2.75) is 28.0 Å². The molecule has 0 saturated heterocycles. The van der Waals surface area contributed by atoms with Crippen LogP contribution in [0.15, 0.2) is 222 Å². The van der Waals surface area contributed by atoms with Crippen molar-refractivity contribution in [3.8, 4) is 39.3 Å². The molecule has 0 amide bonds. The first-order valence-corrected chi connectivity index (χ1v) is 22.1. The lowest BCUT2D eigenvalue weighted by atomic mass is 9.66. The number of rotatable bonds is 4. The molecule has 0 N–H and O–H groups in total. The number of benzene rings is 8. The Balaban J connectivity index is 1.06. The van der Waals surface area contributed by atoms with Crippen molar-refractivity contribution in [2.75, 3.05) is 0 Å². The lowest BCUT2D eigenvalue weighted by molar-refractivity contribution is 0.714. The Labute approximate surface area is 359 Å². The summed E-state index contributed by atoms with van der Waals surface area (Å²) in [7, 11) is 0. The molecular weight excluding hydrogens is 757 g/mol. The van der Waals surface area contributed by atoms with Crippen molar-refractivity contribution in [3.63, 3.8) is 0 Å². The normalized spacial score (nSPS) is 16.3. The molecule has 1 unspecified atom stereocenters. The van der Waals surface area contributed by atoms with Gasteiger partial charge in [0, 0.05) is 37.1 Å². The maximum Gasteiger partial charge on any atom is 0.0732 e. The molecule has 61 heavy (non-hydrogen) atoms. The van der Waals surface area contributed by atoms with Crippen LogP contribution in [-0.2, 0) is 5.41 Å². The van der Waals surface area contributed by atoms with Crippen LogP contribution in [-0.4, -0.2) is 9.55 Å². The van der Waals surface area contributed by atoms with Crippen molar-refractivity contribution >= 4 is 49.9 Å². The van der Waals surface area contributed by atoms with E-state index < -0.39 is 0 Å². The number of para-hydroxylation sites is 1.